The summed E-state index contributed by atoms with van der Waals surface area (Å²) in [6.07, 6.45) is -6.65. The number of ether oxygens (including phenoxy) is 4. The van der Waals surface area contributed by atoms with E-state index in [0.717, 1.165) is 0 Å². The number of fused-ring (bicyclic) bond motifs is 2. The first-order valence-electron chi connectivity index (χ1n) is 19.5. The highest BCUT2D eigenvalue weighted by Crippen LogP contribution is 2.67. The van der Waals surface area contributed by atoms with E-state index in [0.29, 0.717) is 0 Å². The summed E-state index contributed by atoms with van der Waals surface area (Å²) in [5, 5.41) is 35.0. The second-order valence-electron chi connectivity index (χ2n) is 14.8. The normalized spacial score (nSPS) is 27.6. The van der Waals surface area contributed by atoms with Crippen LogP contribution in [0.25, 0.3) is 32.8 Å². The number of nitriles is 1. The first-order valence-corrected chi connectivity index (χ1v) is 28.5. The van der Waals surface area contributed by atoms with E-state index in [-0.39, 0.29) is 59.2 Å². The molecule has 2 aliphatic heterocycles. The monoisotopic (exact) mass is 1160 g/mol. The zero-order valence-corrected chi connectivity index (χ0v) is 42.5. The summed E-state index contributed by atoms with van der Waals surface area (Å²) < 4.78 is 117. The minimum atomic E-state index is -5.76. The van der Waals surface area contributed by atoms with E-state index in [4.69, 9.17) is 55.5 Å². The van der Waals surface area contributed by atoms with E-state index < -0.39 is 108 Å². The maximum absolute atomic E-state index is 12.1. The molecule has 2 fully saturated rings. The van der Waals surface area contributed by atoms with E-state index in [1.165, 1.54) is 35.6 Å². The van der Waals surface area contributed by atoms with Crippen LogP contribution in [-0.4, -0.2) is 145 Å². The molecule has 0 spiro atoms. The van der Waals surface area contributed by atoms with Crippen LogP contribution < -0.4 is 20.9 Å². The zero-order valence-electron chi connectivity index (χ0n) is 37.2. The summed E-state index contributed by atoms with van der Waals surface area (Å²) in [6, 6.07) is 1.90. The molecule has 73 heavy (non-hydrogen) atoms. The number of imidazole rings is 2. The van der Waals surface area contributed by atoms with Gasteiger partial charge in [0.05, 0.1) is 51.3 Å². The first-order chi connectivity index (χ1) is 33.5. The number of aromatic nitrogens is 8. The van der Waals surface area contributed by atoms with Gasteiger partial charge in [-0.1, -0.05) is 5.11 Å². The minimum absolute atomic E-state index is 0.0389. The molecule has 4 aromatic heterocycles. The molecule has 0 aromatic carbocycles. The fraction of sp³-hybridized carbons (Fsp3) is 0.593. The number of azide groups is 1. The lowest BCUT2D eigenvalue weighted by Crippen LogP contribution is -2.42. The Morgan fingerprint density at radius 3 is 1.48 bits per heavy atom. The van der Waals surface area contributed by atoms with E-state index >= 15 is 0 Å². The Balaban J connectivity index is 0.000000271. The van der Waals surface area contributed by atoms with Crippen LogP contribution in [-0.2, 0) is 63.2 Å². The van der Waals surface area contributed by atoms with Gasteiger partial charge in [-0.3, -0.25) is 18.2 Å². The van der Waals surface area contributed by atoms with E-state index in [1.54, 1.807) is 13.8 Å². The molecule has 14 N–H and O–H groups in total. The van der Waals surface area contributed by atoms with Crippen LogP contribution in [0.1, 0.15) is 40.2 Å². The topological polar surface area (TPSA) is 609 Å². The van der Waals surface area contributed by atoms with Crippen molar-refractivity contribution in [3.05, 3.63) is 23.1 Å². The molecule has 2 aliphatic rings. The van der Waals surface area contributed by atoms with E-state index in [1.807, 2.05) is 6.07 Å². The molecule has 406 valence electrons. The average Bonchev–Trinajstić information content (AvgIpc) is 3.96. The zero-order chi connectivity index (χ0) is 54.9. The standard InChI is InChI=1S/C14H21N6O13P3.C13H21N8O13P3/c1-3-29-11-8-10(18-13(16)19-11)20(6-17-8)12-14(2,5-15)9(21)7(31-12)4-30-35(25,26)33-36(27,28)32-34(22,23)24;1-3-30-10-7-9(17-12(14)18-10)21(5-16-7)11-13(2,19-20-15)8(22)6(32-11)4-31-36(26,27)34-37(28,29)33-35(23,24)25/h6-7,9,12,21H,3-4H2,1-2H3,(H,25,26)(H,27,28)(H2,16,18,19)(H2,22,23,24);5-6,8,11,22H,3-4H2,1-2H3,(H,26,27)(H,28,29)(H2,14,17,18)(H2,23,24,25)/t7-,9-,12-,14-;6-,8-,11-,13-/m11/s1. The Kier molecular flexibility index (Phi) is 18.1. The SMILES string of the molecule is CCOc1nc(N)nc2c1ncn2[C@@H]1O[C@H](COP(=O)(O)OP(=O)(O)OP(=O)(O)O)[C@@H](O)[C@@]1(C)C#N.CCOc1nc(N)nc2c1ncn2[C@@H]1O[C@H](COP(=O)(O)OP(=O)(O)OP(=O)(O)O)[C@@H](O)[C@@]1(C)N=[N+]=[N-]. The Morgan fingerprint density at radius 1 is 0.699 bits per heavy atom. The molecule has 0 radical (unpaired) electrons. The second-order valence-corrected chi connectivity index (χ2v) is 23.7. The molecule has 40 nitrogen and oxygen atoms in total. The lowest BCUT2D eigenvalue weighted by molar-refractivity contribution is -0.0461. The number of hydrogen-bond donors (Lipinski definition) is 12. The van der Waals surface area contributed by atoms with Gasteiger partial charge in [0.15, 0.2) is 34.8 Å². The molecule has 6 rings (SSSR count). The average molecular weight is 1160 g/mol. The highest BCUT2D eigenvalue weighted by atomic mass is 31.3. The summed E-state index contributed by atoms with van der Waals surface area (Å²) in [5.74, 6) is -0.294. The minimum Gasteiger partial charge on any atom is -0.476 e. The van der Waals surface area contributed by atoms with Crippen LogP contribution in [0, 0.1) is 16.7 Å². The van der Waals surface area contributed by atoms with Gasteiger partial charge in [-0.15, -0.1) is 0 Å². The third kappa shape index (κ3) is 14.4. The molecule has 0 amide bonds. The van der Waals surface area contributed by atoms with Gasteiger partial charge in [0.2, 0.25) is 23.7 Å². The van der Waals surface area contributed by atoms with Gasteiger partial charge in [-0.05, 0) is 33.2 Å². The number of rotatable bonds is 21. The molecule has 0 aliphatic carbocycles. The van der Waals surface area contributed by atoms with Crippen LogP contribution in [0.5, 0.6) is 11.8 Å². The summed E-state index contributed by atoms with van der Waals surface area (Å²) in [7, 11) is -33.7. The molecule has 46 heteroatoms. The largest absolute Gasteiger partial charge is 0.490 e. The van der Waals surface area contributed by atoms with Crippen molar-refractivity contribution >= 4 is 81.2 Å². The highest BCUT2D eigenvalue weighted by molar-refractivity contribution is 7.67. The van der Waals surface area contributed by atoms with Crippen molar-refractivity contribution in [2.24, 2.45) is 10.5 Å². The summed E-state index contributed by atoms with van der Waals surface area (Å²) in [5.41, 5.74) is 17.5. The molecule has 4 unspecified atom stereocenters. The maximum Gasteiger partial charge on any atom is 0.490 e. The second kappa shape index (κ2) is 22.2. The van der Waals surface area contributed by atoms with E-state index in [2.05, 4.69) is 66.2 Å². The fourth-order valence-corrected chi connectivity index (χ4v) is 12.7. The summed E-state index contributed by atoms with van der Waals surface area (Å²) in [4.78, 5) is 99.2. The fourth-order valence-electron chi connectivity index (χ4n) is 6.68. The summed E-state index contributed by atoms with van der Waals surface area (Å²) >= 11 is 0. The van der Waals surface area contributed by atoms with Crippen molar-refractivity contribution in [2.75, 3.05) is 37.9 Å². The predicted octanol–water partition coefficient (Wildman–Crippen LogP) is 0.416. The number of hydrogen-bond acceptors (Lipinski definition) is 28. The van der Waals surface area contributed by atoms with Crippen molar-refractivity contribution < 1.29 is 122 Å². The van der Waals surface area contributed by atoms with Crippen molar-refractivity contribution in [1.29, 1.82) is 5.26 Å². The summed E-state index contributed by atoms with van der Waals surface area (Å²) in [6.45, 7) is 4.45. The van der Waals surface area contributed by atoms with Gasteiger partial charge in [-0.2, -0.15) is 42.4 Å². The van der Waals surface area contributed by atoms with Crippen LogP contribution in [0.4, 0.5) is 11.9 Å². The van der Waals surface area contributed by atoms with Gasteiger partial charge in [-0.25, -0.2) is 37.4 Å². The molecular formula is C27H42N14O26P6. The molecule has 2 saturated heterocycles. The van der Waals surface area contributed by atoms with E-state index in [9.17, 15) is 62.4 Å². The lowest BCUT2D eigenvalue weighted by Gasteiger charge is -2.28. The number of aliphatic hydroxyl groups is 2. The number of phosphoric acid groups is 6. The Hall–Kier alpha value is -4.24. The van der Waals surface area contributed by atoms with Gasteiger partial charge < -0.3 is 79.8 Å². The number of phosphoric ester groups is 2. The number of aliphatic hydroxyl groups excluding tert-OH is 2. The van der Waals surface area contributed by atoms with Gasteiger partial charge >= 0.3 is 46.9 Å². The van der Waals surface area contributed by atoms with Crippen LogP contribution in [0.3, 0.4) is 0 Å². The quantitative estimate of drug-likeness (QED) is 0.0233. The van der Waals surface area contributed by atoms with Gasteiger partial charge in [0, 0.05) is 4.91 Å². The van der Waals surface area contributed by atoms with Crippen LogP contribution in [0.2, 0.25) is 0 Å². The smallest absolute Gasteiger partial charge is 0.476 e. The maximum atomic E-state index is 12.1. The molecule has 4 aromatic rings. The predicted molar refractivity (Wildman–Crippen MR) is 233 cm³/mol. The lowest BCUT2D eigenvalue weighted by atomic mass is 9.84. The Bertz CT molecular complexity index is 3090. The van der Waals surface area contributed by atoms with Crippen molar-refractivity contribution in [3.8, 4) is 17.8 Å². The van der Waals surface area contributed by atoms with Crippen LogP contribution >= 0.6 is 46.9 Å². The van der Waals surface area contributed by atoms with Gasteiger partial charge in [0.25, 0.3) is 0 Å². The molecule has 6 heterocycles. The molecule has 12 atom stereocenters. The van der Waals surface area contributed by atoms with Crippen molar-refractivity contribution in [2.45, 2.75) is 70.1 Å². The number of nitrogens with two attached hydrogens (primary N) is 2. The van der Waals surface area contributed by atoms with Crippen molar-refractivity contribution in [1.82, 2.24) is 39.0 Å². The first kappa shape index (κ1) is 59.6. The molecule has 0 saturated carbocycles. The number of nitrogens with zero attached hydrogens (tertiary/aromatic N) is 12. The van der Waals surface area contributed by atoms with Crippen molar-refractivity contribution in [3.63, 3.8) is 0 Å². The van der Waals surface area contributed by atoms with Crippen LogP contribution in [0.15, 0.2) is 17.8 Å². The third-order valence-corrected chi connectivity index (χ3v) is 17.2. The molecular weight excluding hydrogens is 1120 g/mol. The number of anilines is 2. The molecule has 0 bridgehead atoms. The Labute approximate surface area is 406 Å². The third-order valence-electron chi connectivity index (χ3n) is 9.56. The van der Waals surface area contributed by atoms with Gasteiger partial charge in [0.1, 0.15) is 29.3 Å². The number of nitrogen functional groups attached to an aromatic ring is 2. The Morgan fingerprint density at radius 2 is 1.10 bits per heavy atom. The highest BCUT2D eigenvalue weighted by Gasteiger charge is 2.57.